The molecule has 0 aliphatic carbocycles. The Morgan fingerprint density at radius 2 is 1.65 bits per heavy atom. The fraction of sp³-hybridized carbons (Fsp3) is 0.250. The van der Waals surface area contributed by atoms with Gasteiger partial charge in [0.2, 0.25) is 0 Å². The zero-order valence-electron chi connectivity index (χ0n) is 20.0. The molecule has 0 bridgehead atoms. The first kappa shape index (κ1) is 22.3. The summed E-state index contributed by atoms with van der Waals surface area (Å²) in [4.78, 5) is 11.2. The van der Waals surface area contributed by atoms with Gasteiger partial charge in [-0.2, -0.15) is 0 Å². The fourth-order valence-electron chi connectivity index (χ4n) is 5.19. The van der Waals surface area contributed by atoms with Gasteiger partial charge in [-0.3, -0.25) is 9.97 Å². The summed E-state index contributed by atoms with van der Waals surface area (Å²) in [6.45, 7) is 9.47. The van der Waals surface area contributed by atoms with E-state index in [-0.39, 0.29) is 12.1 Å². The monoisotopic (exact) mass is 467 g/mol. The molecule has 5 nitrogen and oxygen atoms in total. The van der Waals surface area contributed by atoms with Gasteiger partial charge in [-0.25, -0.2) is 0 Å². The summed E-state index contributed by atoms with van der Waals surface area (Å²) < 4.78 is 2.39. The number of benzene rings is 1. The number of hydrogen-bond donors (Lipinski definition) is 1. The van der Waals surface area contributed by atoms with E-state index < -0.39 is 0 Å². The molecule has 5 rings (SSSR count). The Morgan fingerprint density at radius 3 is 2.32 bits per heavy atom. The number of nitrogens with one attached hydrogen (secondary N) is 1. The van der Waals surface area contributed by atoms with Crippen molar-refractivity contribution in [3.05, 3.63) is 113 Å². The van der Waals surface area contributed by atoms with Crippen LogP contribution in [0.4, 0.5) is 0 Å². The Bertz CT molecular complexity index is 1310. The van der Waals surface area contributed by atoms with E-state index in [1.807, 2.05) is 42.9 Å². The maximum atomic E-state index is 5.88. The van der Waals surface area contributed by atoms with E-state index in [9.17, 15) is 0 Å². The van der Waals surface area contributed by atoms with Crippen molar-refractivity contribution in [2.45, 2.75) is 46.3 Å². The number of hydrogen-bond acceptors (Lipinski definition) is 3. The van der Waals surface area contributed by atoms with Crippen LogP contribution in [0.25, 0.3) is 5.69 Å². The molecule has 6 heteroatoms. The standard InChI is InChI=1S/C28H29N5S/c1-18-8-7-9-19(2)26(18)33-20(3)16-23(21(33)4)27-25(24-10-5-6-13-30-24)31-28(34)32(27)17-22-11-14-29-15-12-22/h5-16,25,27H,17H2,1-4H3,(H,31,34)/t25-,27-/m1/s1. The number of aromatic nitrogens is 3. The molecule has 2 atom stereocenters. The topological polar surface area (TPSA) is 46.0 Å². The molecule has 0 spiro atoms. The Labute approximate surface area is 206 Å². The summed E-state index contributed by atoms with van der Waals surface area (Å²) in [7, 11) is 0. The number of aryl methyl sites for hydroxylation is 3. The average molecular weight is 468 g/mol. The van der Waals surface area contributed by atoms with Gasteiger partial charge in [0.05, 0.1) is 23.5 Å². The van der Waals surface area contributed by atoms with Crippen molar-refractivity contribution in [3.8, 4) is 5.69 Å². The van der Waals surface area contributed by atoms with Gasteiger partial charge >= 0.3 is 0 Å². The highest BCUT2D eigenvalue weighted by Gasteiger charge is 2.41. The van der Waals surface area contributed by atoms with Crippen molar-refractivity contribution in [1.82, 2.24) is 24.8 Å². The number of para-hydroxylation sites is 1. The molecule has 34 heavy (non-hydrogen) atoms. The molecule has 1 aliphatic heterocycles. The fourth-order valence-corrected chi connectivity index (χ4v) is 5.49. The lowest BCUT2D eigenvalue weighted by Crippen LogP contribution is -2.29. The lowest BCUT2D eigenvalue weighted by molar-refractivity contribution is 0.310. The number of thiocarbonyl (C=S) groups is 1. The van der Waals surface area contributed by atoms with Gasteiger partial charge in [0.15, 0.2) is 5.11 Å². The van der Waals surface area contributed by atoms with Crippen molar-refractivity contribution < 1.29 is 0 Å². The van der Waals surface area contributed by atoms with Crippen molar-refractivity contribution in [2.75, 3.05) is 0 Å². The summed E-state index contributed by atoms with van der Waals surface area (Å²) in [6, 6.07) is 18.9. The largest absolute Gasteiger partial charge is 0.352 e. The van der Waals surface area contributed by atoms with Crippen LogP contribution in [0.1, 0.15) is 51.4 Å². The quantitative estimate of drug-likeness (QED) is 0.383. The van der Waals surface area contributed by atoms with Crippen molar-refractivity contribution in [2.24, 2.45) is 0 Å². The van der Waals surface area contributed by atoms with Crippen molar-refractivity contribution >= 4 is 17.3 Å². The van der Waals surface area contributed by atoms with Crippen LogP contribution in [-0.2, 0) is 6.54 Å². The normalized spacial score (nSPS) is 17.8. The van der Waals surface area contributed by atoms with Crippen LogP contribution in [0.2, 0.25) is 0 Å². The zero-order valence-corrected chi connectivity index (χ0v) is 20.8. The van der Waals surface area contributed by atoms with E-state index >= 15 is 0 Å². The van der Waals surface area contributed by atoms with Gasteiger partial charge in [-0.05, 0) is 92.5 Å². The van der Waals surface area contributed by atoms with Crippen LogP contribution in [0.3, 0.4) is 0 Å². The molecule has 0 saturated carbocycles. The minimum absolute atomic E-state index is 0.0137. The molecule has 1 aromatic carbocycles. The van der Waals surface area contributed by atoms with Gasteiger partial charge in [-0.1, -0.05) is 24.3 Å². The van der Waals surface area contributed by atoms with Gasteiger partial charge < -0.3 is 14.8 Å². The van der Waals surface area contributed by atoms with E-state index in [0.29, 0.717) is 6.54 Å². The summed E-state index contributed by atoms with van der Waals surface area (Å²) in [5.74, 6) is 0. The highest BCUT2D eigenvalue weighted by atomic mass is 32.1. The van der Waals surface area contributed by atoms with Gasteiger partial charge in [0.25, 0.3) is 0 Å². The van der Waals surface area contributed by atoms with E-state index in [1.54, 1.807) is 0 Å². The predicted molar refractivity (Wildman–Crippen MR) is 140 cm³/mol. The van der Waals surface area contributed by atoms with E-state index in [0.717, 1.165) is 10.8 Å². The zero-order chi connectivity index (χ0) is 23.8. The second kappa shape index (κ2) is 9.03. The van der Waals surface area contributed by atoms with Crippen LogP contribution in [0, 0.1) is 27.7 Å². The minimum Gasteiger partial charge on any atom is -0.352 e. The Hall–Kier alpha value is -3.51. The first-order valence-electron chi connectivity index (χ1n) is 11.6. The molecule has 172 valence electrons. The summed E-state index contributed by atoms with van der Waals surface area (Å²) in [6.07, 6.45) is 5.52. The smallest absolute Gasteiger partial charge is 0.170 e. The molecule has 0 amide bonds. The second-order valence-electron chi connectivity index (χ2n) is 9.01. The first-order chi connectivity index (χ1) is 16.5. The molecule has 3 aromatic heterocycles. The van der Waals surface area contributed by atoms with Crippen LogP contribution >= 0.6 is 12.2 Å². The molecule has 0 radical (unpaired) electrons. The van der Waals surface area contributed by atoms with Crippen LogP contribution in [0.15, 0.2) is 73.2 Å². The minimum atomic E-state index is -0.0394. The maximum absolute atomic E-state index is 5.88. The first-order valence-corrected chi connectivity index (χ1v) is 12.0. The molecule has 1 saturated heterocycles. The Balaban J connectivity index is 1.65. The molecule has 0 unspecified atom stereocenters. The molecular formula is C28H29N5S. The molecular weight excluding hydrogens is 438 g/mol. The Morgan fingerprint density at radius 1 is 0.912 bits per heavy atom. The SMILES string of the molecule is Cc1cccc(C)c1-n1c(C)cc([C@@H]2[C@@H](c3ccccn3)NC(=S)N2Cc2ccncc2)c1C. The molecule has 4 aromatic rings. The molecule has 1 N–H and O–H groups in total. The molecule has 1 fully saturated rings. The second-order valence-corrected chi connectivity index (χ2v) is 9.40. The third-order valence-corrected chi connectivity index (χ3v) is 7.10. The van der Waals surface area contributed by atoms with Crippen LogP contribution < -0.4 is 5.32 Å². The van der Waals surface area contributed by atoms with Gasteiger partial charge in [-0.15, -0.1) is 0 Å². The van der Waals surface area contributed by atoms with Gasteiger partial charge in [0.1, 0.15) is 0 Å². The van der Waals surface area contributed by atoms with E-state index in [4.69, 9.17) is 17.2 Å². The highest BCUT2D eigenvalue weighted by molar-refractivity contribution is 7.80. The summed E-state index contributed by atoms with van der Waals surface area (Å²) in [5, 5.41) is 4.32. The Kier molecular flexibility index (Phi) is 5.92. The van der Waals surface area contributed by atoms with E-state index in [1.165, 1.54) is 39.3 Å². The third kappa shape index (κ3) is 3.88. The predicted octanol–water partition coefficient (Wildman–Crippen LogP) is 5.67. The molecule has 4 heterocycles. The van der Waals surface area contributed by atoms with Crippen molar-refractivity contribution in [1.29, 1.82) is 0 Å². The highest BCUT2D eigenvalue weighted by Crippen LogP contribution is 2.42. The summed E-state index contributed by atoms with van der Waals surface area (Å²) in [5.41, 5.74) is 9.66. The maximum Gasteiger partial charge on any atom is 0.170 e. The van der Waals surface area contributed by atoms with Gasteiger partial charge in [0, 0.05) is 36.5 Å². The van der Waals surface area contributed by atoms with Crippen LogP contribution in [0.5, 0.6) is 0 Å². The average Bonchev–Trinajstić information content (AvgIpc) is 3.31. The van der Waals surface area contributed by atoms with E-state index in [2.05, 4.69) is 77.8 Å². The number of rotatable bonds is 5. The third-order valence-electron chi connectivity index (χ3n) is 6.75. The summed E-state index contributed by atoms with van der Waals surface area (Å²) >= 11 is 5.88. The lowest BCUT2D eigenvalue weighted by atomic mass is 9.96. The number of nitrogens with zero attached hydrogens (tertiary/aromatic N) is 4. The number of pyridine rings is 2. The van der Waals surface area contributed by atoms with Crippen molar-refractivity contribution in [3.63, 3.8) is 0 Å². The van der Waals surface area contributed by atoms with Crippen LogP contribution in [-0.4, -0.2) is 24.5 Å². The lowest BCUT2D eigenvalue weighted by Gasteiger charge is -2.28. The molecule has 1 aliphatic rings.